The van der Waals surface area contributed by atoms with Crippen LogP contribution in [-0.4, -0.2) is 38.8 Å². The molecule has 228 valence electrons. The average Bonchev–Trinajstić information content (AvgIpc) is 3.05. The van der Waals surface area contributed by atoms with E-state index in [1.165, 1.54) is 0 Å². The van der Waals surface area contributed by atoms with Crippen LogP contribution in [0.2, 0.25) is 0 Å². The fraction of sp³-hybridized carbons (Fsp3) is 0.176. The number of hydroxylamine groups is 1. The number of hydrogen-bond donors (Lipinski definition) is 5. The largest absolute Gasteiger partial charge is 0.326 e. The molecule has 0 unspecified atom stereocenters. The first-order valence-corrected chi connectivity index (χ1v) is 14.5. The second-order valence-corrected chi connectivity index (χ2v) is 10.4. The van der Waals surface area contributed by atoms with E-state index in [1.807, 2.05) is 36.4 Å². The molecule has 0 aliphatic heterocycles. The van der Waals surface area contributed by atoms with Crippen LogP contribution in [0.3, 0.4) is 0 Å². The molecule has 5 N–H and O–H groups in total. The van der Waals surface area contributed by atoms with Crippen molar-refractivity contribution in [2.75, 3.05) is 16.0 Å². The van der Waals surface area contributed by atoms with Gasteiger partial charge in [0.25, 0.3) is 0 Å². The van der Waals surface area contributed by atoms with Gasteiger partial charge in [-0.3, -0.25) is 34.4 Å². The molecule has 0 bridgehead atoms. The first-order chi connectivity index (χ1) is 21.9. The average molecular weight is 605 g/mol. The third kappa shape index (κ3) is 7.84. The topological polar surface area (TPSA) is 162 Å². The lowest BCUT2D eigenvalue weighted by molar-refractivity contribution is -0.129. The van der Waals surface area contributed by atoms with Crippen LogP contribution in [0.4, 0.5) is 17.1 Å². The van der Waals surface area contributed by atoms with Crippen LogP contribution < -0.4 is 21.4 Å². The summed E-state index contributed by atoms with van der Waals surface area (Å²) in [5, 5.41) is 18.8. The van der Waals surface area contributed by atoms with E-state index in [1.54, 1.807) is 66.4 Å². The predicted octanol–water partition coefficient (Wildman–Crippen LogP) is 5.54. The smallest absolute Gasteiger partial charge is 0.243 e. The molecule has 4 amide bonds. The Morgan fingerprint density at radius 1 is 0.600 bits per heavy atom. The maximum Gasteiger partial charge on any atom is 0.243 e. The van der Waals surface area contributed by atoms with E-state index in [0.717, 1.165) is 10.8 Å². The predicted molar refractivity (Wildman–Crippen MR) is 172 cm³/mol. The highest BCUT2D eigenvalue weighted by Crippen LogP contribution is 2.27. The number of amides is 4. The van der Waals surface area contributed by atoms with Gasteiger partial charge in [0.2, 0.25) is 23.6 Å². The molecule has 0 spiro atoms. The van der Waals surface area contributed by atoms with Gasteiger partial charge in [-0.1, -0.05) is 55.0 Å². The maximum atomic E-state index is 13.8. The number of nitrogens with one attached hydrogen (secondary N) is 4. The van der Waals surface area contributed by atoms with Crippen molar-refractivity contribution in [1.82, 2.24) is 15.4 Å². The second-order valence-electron chi connectivity index (χ2n) is 10.4. The zero-order valence-electron chi connectivity index (χ0n) is 24.3. The summed E-state index contributed by atoms with van der Waals surface area (Å²) in [4.78, 5) is 60.0. The number of carbonyl (C=O) groups excluding carboxylic acids is 4. The van der Waals surface area contributed by atoms with Crippen LogP contribution in [0, 0.1) is 0 Å². The lowest BCUT2D eigenvalue weighted by Crippen LogP contribution is -2.32. The van der Waals surface area contributed by atoms with Crippen molar-refractivity contribution in [3.63, 3.8) is 0 Å². The molecule has 11 nitrogen and oxygen atoms in total. The zero-order chi connectivity index (χ0) is 31.6. The van der Waals surface area contributed by atoms with Gasteiger partial charge in [0.1, 0.15) is 5.92 Å². The van der Waals surface area contributed by atoms with Crippen LogP contribution in [0.1, 0.15) is 43.6 Å². The van der Waals surface area contributed by atoms with Crippen molar-refractivity contribution in [3.8, 4) is 0 Å². The first kappa shape index (κ1) is 30.8. The fourth-order valence-corrected chi connectivity index (χ4v) is 5.03. The number of pyridine rings is 2. The Bertz CT molecular complexity index is 1740. The molecule has 0 aliphatic rings. The van der Waals surface area contributed by atoms with Crippen molar-refractivity contribution >= 4 is 62.5 Å². The summed E-state index contributed by atoms with van der Waals surface area (Å²) < 4.78 is 0. The summed E-state index contributed by atoms with van der Waals surface area (Å²) in [6, 6.07) is 24.8. The summed E-state index contributed by atoms with van der Waals surface area (Å²) in [6.45, 7) is 0. The number of aromatic nitrogens is 2. The molecule has 0 fully saturated rings. The van der Waals surface area contributed by atoms with Crippen LogP contribution >= 0.6 is 0 Å². The van der Waals surface area contributed by atoms with Gasteiger partial charge in [-0.2, -0.15) is 0 Å². The first-order valence-electron chi connectivity index (χ1n) is 14.5. The summed E-state index contributed by atoms with van der Waals surface area (Å²) in [5.41, 5.74) is 4.67. The number of rotatable bonds is 12. The third-order valence-corrected chi connectivity index (χ3v) is 7.27. The number of anilines is 3. The summed E-state index contributed by atoms with van der Waals surface area (Å²) in [7, 11) is 0. The minimum Gasteiger partial charge on any atom is -0.326 e. The molecule has 2 heterocycles. The SMILES string of the molecule is O=C(CCCCCC(=O)Nc1ccc(C(C(=O)Nc2cccc3cccnc23)C(=O)Nc2cccc3cccnc23)cc1)NO. The number of para-hydroxylation sites is 2. The highest BCUT2D eigenvalue weighted by atomic mass is 16.5. The van der Waals surface area contributed by atoms with Crippen molar-refractivity contribution in [3.05, 3.63) is 103 Å². The van der Waals surface area contributed by atoms with Gasteiger partial charge in [-0.05, 0) is 54.8 Å². The van der Waals surface area contributed by atoms with Crippen molar-refractivity contribution < 1.29 is 24.4 Å². The lowest BCUT2D eigenvalue weighted by Gasteiger charge is -2.19. The van der Waals surface area contributed by atoms with Gasteiger partial charge in [-0.15, -0.1) is 0 Å². The molecule has 0 radical (unpaired) electrons. The molecule has 2 aromatic heterocycles. The lowest BCUT2D eigenvalue weighted by atomic mass is 9.96. The highest BCUT2D eigenvalue weighted by Gasteiger charge is 2.30. The molecular weight excluding hydrogens is 572 g/mol. The Morgan fingerprint density at radius 3 is 1.64 bits per heavy atom. The van der Waals surface area contributed by atoms with E-state index in [2.05, 4.69) is 25.9 Å². The van der Waals surface area contributed by atoms with Crippen LogP contribution in [0.15, 0.2) is 97.3 Å². The van der Waals surface area contributed by atoms with E-state index >= 15 is 0 Å². The fourth-order valence-electron chi connectivity index (χ4n) is 5.03. The van der Waals surface area contributed by atoms with Gasteiger partial charge in [0.05, 0.1) is 22.4 Å². The number of nitrogens with zero attached hydrogens (tertiary/aromatic N) is 2. The number of unbranched alkanes of at least 4 members (excludes halogenated alkanes) is 2. The van der Waals surface area contributed by atoms with E-state index in [9.17, 15) is 19.2 Å². The third-order valence-electron chi connectivity index (χ3n) is 7.27. The molecular formula is C34H32N6O5. The van der Waals surface area contributed by atoms with Gasteiger partial charge in [-0.25, -0.2) is 5.48 Å². The Balaban J connectivity index is 1.34. The normalized spacial score (nSPS) is 10.9. The number of benzene rings is 3. The summed E-state index contributed by atoms with van der Waals surface area (Å²) in [6.07, 6.45) is 5.52. The standard InChI is InChI=1S/C34H32N6O5/c41-28(14-2-1-3-15-29(42)40-45)37-25-18-16-22(17-19-25)30(33(43)38-26-12-4-8-23-10-6-20-35-31(23)26)34(44)39-27-13-5-9-24-11-7-21-36-32(24)27/h4-13,16-21,30,45H,1-3,14-15H2,(H,37,41)(H,38,43)(H,39,44)(H,40,42). The molecule has 5 rings (SSSR count). The van der Waals surface area contributed by atoms with Crippen LogP contribution in [0.25, 0.3) is 21.8 Å². The zero-order valence-corrected chi connectivity index (χ0v) is 24.3. The summed E-state index contributed by atoms with van der Waals surface area (Å²) in [5.74, 6) is -3.00. The quantitative estimate of drug-likeness (QED) is 0.0540. The molecule has 3 aromatic carbocycles. The molecule has 0 atom stereocenters. The number of hydrogen-bond acceptors (Lipinski definition) is 7. The monoisotopic (exact) mass is 604 g/mol. The highest BCUT2D eigenvalue weighted by molar-refractivity contribution is 6.17. The molecule has 0 aliphatic carbocycles. The van der Waals surface area contributed by atoms with Crippen LogP contribution in [-0.2, 0) is 19.2 Å². The molecule has 0 saturated heterocycles. The van der Waals surface area contributed by atoms with E-state index in [4.69, 9.17) is 5.21 Å². The van der Waals surface area contributed by atoms with Crippen molar-refractivity contribution in [2.45, 2.75) is 38.0 Å². The van der Waals surface area contributed by atoms with Crippen molar-refractivity contribution in [1.29, 1.82) is 0 Å². The Kier molecular flexibility index (Phi) is 10.0. The van der Waals surface area contributed by atoms with Gasteiger partial charge < -0.3 is 16.0 Å². The molecule has 0 saturated carbocycles. The van der Waals surface area contributed by atoms with Gasteiger partial charge in [0.15, 0.2) is 0 Å². The maximum absolute atomic E-state index is 13.8. The summed E-state index contributed by atoms with van der Waals surface area (Å²) >= 11 is 0. The minimum atomic E-state index is -1.25. The van der Waals surface area contributed by atoms with Gasteiger partial charge in [0, 0.05) is 41.7 Å². The van der Waals surface area contributed by atoms with E-state index in [-0.39, 0.29) is 18.7 Å². The van der Waals surface area contributed by atoms with Gasteiger partial charge >= 0.3 is 0 Å². The van der Waals surface area contributed by atoms with Crippen molar-refractivity contribution in [2.24, 2.45) is 0 Å². The minimum absolute atomic E-state index is 0.190. The molecule has 11 heteroatoms. The molecule has 45 heavy (non-hydrogen) atoms. The Morgan fingerprint density at radius 2 is 1.11 bits per heavy atom. The second kappa shape index (κ2) is 14.7. The Labute approximate surface area is 259 Å². The van der Waals surface area contributed by atoms with E-state index in [0.29, 0.717) is 52.9 Å². The van der Waals surface area contributed by atoms with E-state index < -0.39 is 23.6 Å². The number of fused-ring (bicyclic) bond motifs is 2. The number of carbonyl (C=O) groups is 4. The molecule has 5 aromatic rings. The Hall–Kier alpha value is -5.68. The van der Waals surface area contributed by atoms with Crippen LogP contribution in [0.5, 0.6) is 0 Å².